The third-order valence-corrected chi connectivity index (χ3v) is 4.56. The topological polar surface area (TPSA) is 15.3 Å². The van der Waals surface area contributed by atoms with Gasteiger partial charge in [0.2, 0.25) is 0 Å². The summed E-state index contributed by atoms with van der Waals surface area (Å²) in [5.74, 6) is 0. The van der Waals surface area contributed by atoms with Crippen molar-refractivity contribution in [3.8, 4) is 0 Å². The van der Waals surface area contributed by atoms with E-state index in [1.807, 2.05) is 0 Å². The van der Waals surface area contributed by atoms with Crippen molar-refractivity contribution < 1.29 is 0 Å². The van der Waals surface area contributed by atoms with Crippen LogP contribution in [-0.4, -0.2) is 17.5 Å². The molecule has 1 atom stereocenters. The highest BCUT2D eigenvalue weighted by molar-refractivity contribution is 5.19. The van der Waals surface area contributed by atoms with Crippen LogP contribution in [0.5, 0.6) is 0 Å². The van der Waals surface area contributed by atoms with Gasteiger partial charge in [0.15, 0.2) is 0 Å². The third-order valence-electron chi connectivity index (χ3n) is 4.56. The van der Waals surface area contributed by atoms with Crippen molar-refractivity contribution in [1.29, 1.82) is 0 Å². The highest BCUT2D eigenvalue weighted by Crippen LogP contribution is 2.22. The summed E-state index contributed by atoms with van der Waals surface area (Å²) in [6.07, 6.45) is 3.68. The Morgan fingerprint density at radius 1 is 0.870 bits per heavy atom. The van der Waals surface area contributed by atoms with Gasteiger partial charge < -0.3 is 5.32 Å². The van der Waals surface area contributed by atoms with Crippen LogP contribution >= 0.6 is 0 Å². The number of hydrogen-bond donors (Lipinski definition) is 1. The molecule has 1 aliphatic heterocycles. The number of hydrogen-bond acceptors (Lipinski definition) is 2. The molecule has 1 saturated heterocycles. The molecule has 0 saturated carbocycles. The van der Waals surface area contributed by atoms with E-state index in [9.17, 15) is 0 Å². The van der Waals surface area contributed by atoms with Gasteiger partial charge in [-0.05, 0) is 30.4 Å². The zero-order valence-electron chi connectivity index (χ0n) is 13.7. The molecule has 0 unspecified atom stereocenters. The fraction of sp³-hybridized carbons (Fsp3) is 0.333. The van der Waals surface area contributed by atoms with Crippen molar-refractivity contribution in [2.24, 2.45) is 0 Å². The van der Waals surface area contributed by atoms with Gasteiger partial charge in [0.25, 0.3) is 0 Å². The molecule has 0 aromatic heterocycles. The van der Waals surface area contributed by atoms with Gasteiger partial charge >= 0.3 is 0 Å². The monoisotopic (exact) mass is 306 g/mol. The van der Waals surface area contributed by atoms with Crippen molar-refractivity contribution in [3.63, 3.8) is 0 Å². The van der Waals surface area contributed by atoms with E-state index in [1.54, 1.807) is 0 Å². The van der Waals surface area contributed by atoms with Gasteiger partial charge in [-0.2, -0.15) is 0 Å². The Bertz CT molecular complexity index is 565. The Morgan fingerprint density at radius 2 is 1.43 bits per heavy atom. The first kappa shape index (κ1) is 15.8. The van der Waals surface area contributed by atoms with Crippen LogP contribution in [0.1, 0.15) is 30.4 Å². The molecule has 0 spiro atoms. The summed E-state index contributed by atoms with van der Waals surface area (Å²) in [5, 5.41) is 3.51. The lowest BCUT2D eigenvalue weighted by Crippen LogP contribution is -2.38. The highest BCUT2D eigenvalue weighted by atomic mass is 15.2. The minimum absolute atomic E-state index is 0.401. The summed E-state index contributed by atoms with van der Waals surface area (Å²) >= 11 is 0. The van der Waals surface area contributed by atoms with Crippen LogP contribution in [0.2, 0.25) is 0 Å². The van der Waals surface area contributed by atoms with Crippen molar-refractivity contribution in [3.05, 3.63) is 84.1 Å². The van der Waals surface area contributed by atoms with E-state index in [-0.39, 0.29) is 0 Å². The maximum Gasteiger partial charge on any atom is 0.0496 e. The van der Waals surface area contributed by atoms with E-state index >= 15 is 0 Å². The van der Waals surface area contributed by atoms with Crippen LogP contribution in [0.25, 0.3) is 0 Å². The molecule has 23 heavy (non-hydrogen) atoms. The molecule has 0 radical (unpaired) electrons. The Kier molecular flexibility index (Phi) is 5.49. The van der Waals surface area contributed by atoms with E-state index in [0.717, 1.165) is 19.6 Å². The summed E-state index contributed by atoms with van der Waals surface area (Å²) in [4.78, 5) is 2.56. The maximum absolute atomic E-state index is 4.31. The van der Waals surface area contributed by atoms with E-state index < -0.39 is 0 Å². The van der Waals surface area contributed by atoms with Crippen LogP contribution in [0.3, 0.4) is 0 Å². The Morgan fingerprint density at radius 3 is 2.00 bits per heavy atom. The first-order valence-corrected chi connectivity index (χ1v) is 8.57. The lowest BCUT2D eigenvalue weighted by atomic mass is 10.0. The number of nitrogens with zero attached hydrogens (tertiary/aromatic N) is 1. The molecule has 2 aromatic carbocycles. The minimum atomic E-state index is 0.401. The average molecular weight is 306 g/mol. The molecule has 2 heteroatoms. The molecule has 120 valence electrons. The van der Waals surface area contributed by atoms with Crippen LogP contribution in [-0.2, 0) is 13.1 Å². The van der Waals surface area contributed by atoms with Gasteiger partial charge in [-0.15, -0.1) is 0 Å². The quantitative estimate of drug-likeness (QED) is 0.883. The smallest absolute Gasteiger partial charge is 0.0496 e. The van der Waals surface area contributed by atoms with Gasteiger partial charge in [-0.3, -0.25) is 4.90 Å². The van der Waals surface area contributed by atoms with Crippen LogP contribution < -0.4 is 5.32 Å². The van der Waals surface area contributed by atoms with Crippen molar-refractivity contribution >= 4 is 0 Å². The SMILES string of the molecule is C=C1NCCCC[C@H]1N(Cc1ccccc1)Cc1ccccc1. The lowest BCUT2D eigenvalue weighted by Gasteiger charge is -2.32. The second-order valence-electron chi connectivity index (χ2n) is 6.34. The molecule has 0 aliphatic carbocycles. The molecular weight excluding hydrogens is 280 g/mol. The van der Waals surface area contributed by atoms with E-state index in [1.165, 1.54) is 36.1 Å². The fourth-order valence-electron chi connectivity index (χ4n) is 3.32. The molecule has 1 heterocycles. The predicted molar refractivity (Wildman–Crippen MR) is 96.9 cm³/mol. The molecule has 1 fully saturated rings. The van der Waals surface area contributed by atoms with Crippen molar-refractivity contribution in [2.75, 3.05) is 6.54 Å². The standard InChI is InChI=1S/C21H26N2/c1-18-21(14-8-9-15-22-18)23(16-19-10-4-2-5-11-19)17-20-12-6-3-7-13-20/h2-7,10-13,21-22H,1,8-9,14-17H2/t21-/m1/s1. The van der Waals surface area contributed by atoms with Crippen molar-refractivity contribution in [1.82, 2.24) is 10.2 Å². The van der Waals surface area contributed by atoms with Crippen molar-refractivity contribution in [2.45, 2.75) is 38.4 Å². The van der Waals surface area contributed by atoms with Gasteiger partial charge in [-0.25, -0.2) is 0 Å². The molecular formula is C21H26N2. The number of benzene rings is 2. The fourth-order valence-corrected chi connectivity index (χ4v) is 3.32. The van der Waals surface area contributed by atoms with Gasteiger partial charge in [0.05, 0.1) is 0 Å². The first-order valence-electron chi connectivity index (χ1n) is 8.57. The zero-order valence-corrected chi connectivity index (χ0v) is 13.7. The molecule has 1 aliphatic rings. The predicted octanol–water partition coefficient (Wildman–Crippen LogP) is 4.34. The van der Waals surface area contributed by atoms with Crippen LogP contribution in [0.15, 0.2) is 72.9 Å². The van der Waals surface area contributed by atoms with Crippen LogP contribution in [0, 0.1) is 0 Å². The molecule has 0 amide bonds. The minimum Gasteiger partial charge on any atom is -0.388 e. The Labute approximate surface area is 139 Å². The Balaban J connectivity index is 1.81. The second-order valence-corrected chi connectivity index (χ2v) is 6.34. The van der Waals surface area contributed by atoms with E-state index in [4.69, 9.17) is 0 Å². The summed E-state index contributed by atoms with van der Waals surface area (Å²) in [6.45, 7) is 7.28. The summed E-state index contributed by atoms with van der Waals surface area (Å²) < 4.78 is 0. The Hall–Kier alpha value is -2.06. The largest absolute Gasteiger partial charge is 0.388 e. The summed E-state index contributed by atoms with van der Waals surface area (Å²) in [5.41, 5.74) is 3.90. The zero-order chi connectivity index (χ0) is 15.9. The molecule has 2 aromatic rings. The lowest BCUT2D eigenvalue weighted by molar-refractivity contribution is 0.190. The highest BCUT2D eigenvalue weighted by Gasteiger charge is 2.23. The van der Waals surface area contributed by atoms with Gasteiger partial charge in [0, 0.05) is 31.4 Å². The summed E-state index contributed by atoms with van der Waals surface area (Å²) in [7, 11) is 0. The first-order chi connectivity index (χ1) is 11.3. The maximum atomic E-state index is 4.31. The number of nitrogens with one attached hydrogen (secondary N) is 1. The van der Waals surface area contributed by atoms with E-state index in [0.29, 0.717) is 6.04 Å². The summed E-state index contributed by atoms with van der Waals surface area (Å²) in [6, 6.07) is 21.9. The third kappa shape index (κ3) is 4.46. The number of rotatable bonds is 5. The van der Waals surface area contributed by atoms with Gasteiger partial charge in [0.1, 0.15) is 0 Å². The van der Waals surface area contributed by atoms with E-state index in [2.05, 4.69) is 77.5 Å². The molecule has 0 bridgehead atoms. The molecule has 1 N–H and O–H groups in total. The molecule has 3 rings (SSSR count). The second kappa shape index (κ2) is 7.98. The average Bonchev–Trinajstić information content (AvgIpc) is 2.81. The van der Waals surface area contributed by atoms with Gasteiger partial charge in [-0.1, -0.05) is 67.2 Å². The normalized spacial score (nSPS) is 18.5. The molecule has 2 nitrogen and oxygen atoms in total. The van der Waals surface area contributed by atoms with Crippen LogP contribution in [0.4, 0.5) is 0 Å².